The summed E-state index contributed by atoms with van der Waals surface area (Å²) >= 11 is 0. The Hall–Kier alpha value is -1.58. The van der Waals surface area contributed by atoms with Crippen LogP contribution in [0.5, 0.6) is 0 Å². The fourth-order valence-electron chi connectivity index (χ4n) is 1.86. The van der Waals surface area contributed by atoms with E-state index >= 15 is 0 Å². The molecule has 0 radical (unpaired) electrons. The summed E-state index contributed by atoms with van der Waals surface area (Å²) in [5.41, 5.74) is 0.166. The molecule has 0 N–H and O–H groups in total. The van der Waals surface area contributed by atoms with Crippen molar-refractivity contribution in [2.45, 2.75) is 51.9 Å². The van der Waals surface area contributed by atoms with E-state index in [1.54, 1.807) is 0 Å². The maximum Gasteiger partial charge on any atom is 0.171 e. The molecule has 1 rings (SSSR count). The van der Waals surface area contributed by atoms with Crippen LogP contribution >= 0.6 is 0 Å². The second-order valence-electron chi connectivity index (χ2n) is 4.69. The van der Waals surface area contributed by atoms with E-state index in [0.29, 0.717) is 6.42 Å². The van der Waals surface area contributed by atoms with E-state index in [1.165, 1.54) is 19.0 Å². The van der Waals surface area contributed by atoms with Gasteiger partial charge in [-0.2, -0.15) is 0 Å². The minimum absolute atomic E-state index is 0.0780. The number of pyridine rings is 1. The Labute approximate surface area is 113 Å². The topological polar surface area (TPSA) is 47.0 Å². The minimum atomic E-state index is -0.558. The number of aromatic nitrogens is 1. The molecule has 0 amide bonds. The maximum absolute atomic E-state index is 12.9. The van der Waals surface area contributed by atoms with Crippen LogP contribution in [0.4, 0.5) is 4.39 Å². The van der Waals surface area contributed by atoms with Gasteiger partial charge >= 0.3 is 0 Å². The first-order chi connectivity index (χ1) is 9.13. The molecule has 0 aliphatic rings. The highest BCUT2D eigenvalue weighted by atomic mass is 19.1. The van der Waals surface area contributed by atoms with Gasteiger partial charge in [-0.05, 0) is 12.5 Å². The largest absolute Gasteiger partial charge is 0.299 e. The van der Waals surface area contributed by atoms with E-state index in [2.05, 4.69) is 11.9 Å². The Balaban J connectivity index is 2.30. The first kappa shape index (κ1) is 15.5. The van der Waals surface area contributed by atoms with Gasteiger partial charge in [0.1, 0.15) is 11.6 Å². The summed E-state index contributed by atoms with van der Waals surface area (Å²) in [6.45, 7) is 2.14. The van der Waals surface area contributed by atoms with Crippen molar-refractivity contribution in [1.29, 1.82) is 0 Å². The molecule has 1 aromatic heterocycles. The number of rotatable bonds is 9. The predicted molar refractivity (Wildman–Crippen MR) is 71.5 cm³/mol. The molecule has 0 saturated heterocycles. The van der Waals surface area contributed by atoms with Crippen LogP contribution in [-0.4, -0.2) is 16.6 Å². The average Bonchev–Trinajstić information content (AvgIpc) is 2.38. The van der Waals surface area contributed by atoms with Gasteiger partial charge in [0.25, 0.3) is 0 Å². The molecular weight excluding hydrogens is 245 g/mol. The minimum Gasteiger partial charge on any atom is -0.299 e. The summed E-state index contributed by atoms with van der Waals surface area (Å²) in [5.74, 6) is -0.991. The third kappa shape index (κ3) is 6.22. The molecule has 19 heavy (non-hydrogen) atoms. The summed E-state index contributed by atoms with van der Waals surface area (Å²) < 4.78 is 12.9. The highest BCUT2D eigenvalue weighted by Gasteiger charge is 2.12. The third-order valence-electron chi connectivity index (χ3n) is 2.94. The Morgan fingerprint density at radius 1 is 1.16 bits per heavy atom. The van der Waals surface area contributed by atoms with Crippen LogP contribution in [0.25, 0.3) is 0 Å². The Bertz CT molecular complexity index is 432. The average molecular weight is 265 g/mol. The second-order valence-corrected chi connectivity index (χ2v) is 4.69. The zero-order chi connectivity index (χ0) is 14.1. The maximum atomic E-state index is 12.9. The van der Waals surface area contributed by atoms with Crippen molar-refractivity contribution in [3.63, 3.8) is 0 Å². The smallest absolute Gasteiger partial charge is 0.171 e. The molecule has 0 fully saturated rings. The van der Waals surface area contributed by atoms with Crippen molar-refractivity contribution < 1.29 is 14.0 Å². The molecular formula is C15H20FNO2. The molecule has 0 aromatic carbocycles. The van der Waals surface area contributed by atoms with Gasteiger partial charge in [-0.15, -0.1) is 0 Å². The number of halogens is 1. The van der Waals surface area contributed by atoms with Gasteiger partial charge in [0.15, 0.2) is 5.78 Å². The molecule has 1 heterocycles. The van der Waals surface area contributed by atoms with Gasteiger partial charge in [-0.1, -0.05) is 32.6 Å². The van der Waals surface area contributed by atoms with Crippen LogP contribution in [0, 0.1) is 5.82 Å². The van der Waals surface area contributed by atoms with Crippen molar-refractivity contribution in [2.24, 2.45) is 0 Å². The number of unbranched alkanes of at least 4 members (excludes halogenated alkanes) is 4. The van der Waals surface area contributed by atoms with E-state index in [0.717, 1.165) is 31.5 Å². The van der Waals surface area contributed by atoms with Crippen LogP contribution < -0.4 is 0 Å². The molecule has 3 nitrogen and oxygen atoms in total. The van der Waals surface area contributed by atoms with Crippen LogP contribution in [-0.2, 0) is 4.79 Å². The number of Topliss-reactive ketones (excluding diaryl/α,β-unsaturated/α-hetero) is 2. The summed E-state index contributed by atoms with van der Waals surface area (Å²) in [4.78, 5) is 26.9. The van der Waals surface area contributed by atoms with Crippen molar-refractivity contribution in [3.8, 4) is 0 Å². The highest BCUT2D eigenvalue weighted by molar-refractivity contribution is 6.07. The molecule has 0 aliphatic carbocycles. The van der Waals surface area contributed by atoms with Gasteiger partial charge in [0.2, 0.25) is 0 Å². The van der Waals surface area contributed by atoms with Gasteiger partial charge in [0.05, 0.1) is 12.6 Å². The molecule has 0 saturated carbocycles. The summed E-state index contributed by atoms with van der Waals surface area (Å²) in [7, 11) is 0. The van der Waals surface area contributed by atoms with Crippen LogP contribution in [0.3, 0.4) is 0 Å². The number of carbonyl (C=O) groups excluding carboxylic acids is 2. The van der Waals surface area contributed by atoms with Crippen molar-refractivity contribution in [3.05, 3.63) is 29.8 Å². The first-order valence-electron chi connectivity index (χ1n) is 6.79. The van der Waals surface area contributed by atoms with Gasteiger partial charge in [-0.25, -0.2) is 4.39 Å². The van der Waals surface area contributed by atoms with Crippen LogP contribution in [0.1, 0.15) is 62.2 Å². The quantitative estimate of drug-likeness (QED) is 0.388. The molecule has 0 unspecified atom stereocenters. The fourth-order valence-corrected chi connectivity index (χ4v) is 1.86. The summed E-state index contributed by atoms with van der Waals surface area (Å²) in [6, 6.07) is 1.11. The monoisotopic (exact) mass is 265 g/mol. The molecule has 0 atom stereocenters. The van der Waals surface area contributed by atoms with Crippen LogP contribution in [0.15, 0.2) is 18.5 Å². The normalized spacial score (nSPS) is 10.4. The summed E-state index contributed by atoms with van der Waals surface area (Å²) in [5, 5.41) is 0. The van der Waals surface area contributed by atoms with Crippen molar-refractivity contribution in [1.82, 2.24) is 4.98 Å². The van der Waals surface area contributed by atoms with Crippen molar-refractivity contribution >= 4 is 11.6 Å². The van der Waals surface area contributed by atoms with Crippen LogP contribution in [0.2, 0.25) is 0 Å². The molecule has 0 bridgehead atoms. The molecule has 0 spiro atoms. The van der Waals surface area contributed by atoms with Gasteiger partial charge < -0.3 is 0 Å². The predicted octanol–water partition coefficient (Wildman–Crippen LogP) is 3.72. The highest BCUT2D eigenvalue weighted by Crippen LogP contribution is 2.09. The Morgan fingerprint density at radius 2 is 1.89 bits per heavy atom. The standard InChI is InChI=1S/C15H20FNO2/c1-2-3-4-5-6-7-14(18)9-15(19)12-8-13(16)11-17-10-12/h8,10-11H,2-7,9H2,1H3. The lowest BCUT2D eigenvalue weighted by Gasteiger charge is -2.01. The van der Waals surface area contributed by atoms with Gasteiger partial charge in [0, 0.05) is 18.2 Å². The second kappa shape index (κ2) is 8.51. The van der Waals surface area contributed by atoms with Crippen molar-refractivity contribution in [2.75, 3.05) is 0 Å². The Kier molecular flexibility index (Phi) is 6.93. The zero-order valence-electron chi connectivity index (χ0n) is 11.3. The van der Waals surface area contributed by atoms with E-state index < -0.39 is 5.82 Å². The number of carbonyl (C=O) groups is 2. The third-order valence-corrected chi connectivity index (χ3v) is 2.94. The lowest BCUT2D eigenvalue weighted by molar-refractivity contribution is -0.118. The van der Waals surface area contributed by atoms with E-state index in [1.807, 2.05) is 0 Å². The lowest BCUT2D eigenvalue weighted by Crippen LogP contribution is -2.08. The first-order valence-corrected chi connectivity index (χ1v) is 6.79. The molecule has 0 aliphatic heterocycles. The lowest BCUT2D eigenvalue weighted by atomic mass is 10.0. The molecule has 104 valence electrons. The number of hydrogen-bond donors (Lipinski definition) is 0. The van der Waals surface area contributed by atoms with E-state index in [-0.39, 0.29) is 23.6 Å². The summed E-state index contributed by atoms with van der Waals surface area (Å²) in [6.07, 6.45) is 7.93. The Morgan fingerprint density at radius 3 is 2.58 bits per heavy atom. The van der Waals surface area contributed by atoms with Gasteiger partial charge in [-0.3, -0.25) is 14.6 Å². The fraction of sp³-hybridized carbons (Fsp3) is 0.533. The SMILES string of the molecule is CCCCCCCC(=O)CC(=O)c1cncc(F)c1. The van der Waals surface area contributed by atoms with E-state index in [9.17, 15) is 14.0 Å². The number of nitrogens with zero attached hydrogens (tertiary/aromatic N) is 1. The number of ketones is 2. The number of hydrogen-bond acceptors (Lipinski definition) is 3. The molecule has 4 heteroatoms. The molecule has 1 aromatic rings. The zero-order valence-corrected chi connectivity index (χ0v) is 11.3. The van der Waals surface area contributed by atoms with E-state index in [4.69, 9.17) is 0 Å².